The standard InChI is InChI=1S/C30H42N6O6/c1-6-24(31-7-2)14-19-34(3)28(37)40-22-27(42-30(39)36(5)21-16-26-13-9-11-18-33-26)23-41-29(38)35(4)20-15-25-12-8-10-17-32-25/h6-13,17-18,27H,14-16,19-23H2,1-5H3/b24-6-,31-7?. The first kappa shape index (κ1) is 33.7. The third-order valence-electron chi connectivity index (χ3n) is 6.18. The fraction of sp³-hybridized carbons (Fsp3) is 0.467. The highest BCUT2D eigenvalue weighted by Crippen LogP contribution is 2.08. The molecule has 2 rings (SSSR count). The van der Waals surface area contributed by atoms with Crippen molar-refractivity contribution in [2.24, 2.45) is 4.99 Å². The minimum atomic E-state index is -1.02. The van der Waals surface area contributed by atoms with E-state index in [-0.39, 0.29) is 13.2 Å². The van der Waals surface area contributed by atoms with Crippen molar-refractivity contribution >= 4 is 24.5 Å². The van der Waals surface area contributed by atoms with Crippen LogP contribution in [-0.2, 0) is 27.1 Å². The molecule has 3 amide bonds. The molecule has 0 radical (unpaired) electrons. The van der Waals surface area contributed by atoms with E-state index in [1.165, 1.54) is 14.7 Å². The van der Waals surface area contributed by atoms with E-state index in [2.05, 4.69) is 15.0 Å². The van der Waals surface area contributed by atoms with Crippen molar-refractivity contribution in [2.45, 2.75) is 39.2 Å². The second-order valence-electron chi connectivity index (χ2n) is 9.48. The van der Waals surface area contributed by atoms with Gasteiger partial charge in [-0.15, -0.1) is 0 Å². The first-order chi connectivity index (χ1) is 20.2. The smallest absolute Gasteiger partial charge is 0.410 e. The van der Waals surface area contributed by atoms with Crippen molar-refractivity contribution in [3.63, 3.8) is 0 Å². The number of rotatable bonds is 15. The highest BCUT2D eigenvalue weighted by molar-refractivity contribution is 5.69. The molecular weight excluding hydrogens is 540 g/mol. The van der Waals surface area contributed by atoms with Crippen LogP contribution in [0.5, 0.6) is 0 Å². The lowest BCUT2D eigenvalue weighted by Gasteiger charge is -2.24. The van der Waals surface area contributed by atoms with Gasteiger partial charge in [0.15, 0.2) is 6.10 Å². The zero-order valence-electron chi connectivity index (χ0n) is 25.1. The number of amides is 3. The Morgan fingerprint density at radius 1 is 0.786 bits per heavy atom. The Kier molecular flexibility index (Phi) is 15.1. The summed E-state index contributed by atoms with van der Waals surface area (Å²) in [7, 11) is 4.81. The number of likely N-dealkylation sites (N-methyl/N-ethyl adjacent to an activating group) is 2. The Hall–Kier alpha value is -4.48. The largest absolute Gasteiger partial charge is 0.445 e. The Morgan fingerprint density at radius 2 is 1.29 bits per heavy atom. The van der Waals surface area contributed by atoms with E-state index in [0.717, 1.165) is 17.1 Å². The molecular formula is C30H42N6O6. The zero-order valence-corrected chi connectivity index (χ0v) is 25.1. The predicted octanol–water partition coefficient (Wildman–Crippen LogP) is 4.22. The molecule has 0 saturated carbocycles. The molecule has 0 N–H and O–H groups in total. The summed E-state index contributed by atoms with van der Waals surface area (Å²) in [6, 6.07) is 11.1. The highest BCUT2D eigenvalue weighted by atomic mass is 16.6. The second-order valence-corrected chi connectivity index (χ2v) is 9.48. The van der Waals surface area contributed by atoms with E-state index in [1.807, 2.05) is 56.3 Å². The molecule has 42 heavy (non-hydrogen) atoms. The molecule has 1 atom stereocenters. The molecule has 2 aromatic heterocycles. The van der Waals surface area contributed by atoms with Crippen molar-refractivity contribution in [3.8, 4) is 0 Å². The molecule has 12 heteroatoms. The molecule has 0 aliphatic rings. The quantitative estimate of drug-likeness (QED) is 0.226. The zero-order chi connectivity index (χ0) is 30.7. The summed E-state index contributed by atoms with van der Waals surface area (Å²) in [4.78, 5) is 55.0. The Labute approximate surface area is 248 Å². The number of allylic oxidation sites excluding steroid dienone is 1. The summed E-state index contributed by atoms with van der Waals surface area (Å²) in [5, 5.41) is 0. The van der Waals surface area contributed by atoms with Gasteiger partial charge < -0.3 is 28.9 Å². The van der Waals surface area contributed by atoms with Crippen molar-refractivity contribution < 1.29 is 28.6 Å². The molecule has 0 aromatic carbocycles. The van der Waals surface area contributed by atoms with Gasteiger partial charge in [-0.25, -0.2) is 14.4 Å². The van der Waals surface area contributed by atoms with Gasteiger partial charge in [0, 0.05) is 95.7 Å². The van der Waals surface area contributed by atoms with Gasteiger partial charge >= 0.3 is 18.3 Å². The van der Waals surface area contributed by atoms with E-state index in [1.54, 1.807) is 39.8 Å². The number of nitrogens with zero attached hydrogens (tertiary/aromatic N) is 6. The van der Waals surface area contributed by atoms with Crippen LogP contribution in [0.2, 0.25) is 0 Å². The molecule has 0 spiro atoms. The number of hydrogen-bond donors (Lipinski definition) is 0. The van der Waals surface area contributed by atoms with E-state index in [4.69, 9.17) is 14.2 Å². The van der Waals surface area contributed by atoms with Gasteiger partial charge in [-0.05, 0) is 38.1 Å². The average molecular weight is 583 g/mol. The first-order valence-corrected chi connectivity index (χ1v) is 13.8. The van der Waals surface area contributed by atoms with Crippen LogP contribution < -0.4 is 0 Å². The van der Waals surface area contributed by atoms with Gasteiger partial charge in [0.05, 0.1) is 0 Å². The number of pyridine rings is 2. The average Bonchev–Trinajstić information content (AvgIpc) is 3.02. The SMILES string of the molecule is CC=N/C(=C\C)CCN(C)C(=O)OCC(COC(=O)N(C)CCc1ccccn1)OC(=O)N(C)CCc1ccccn1. The molecule has 2 aromatic rings. The van der Waals surface area contributed by atoms with Gasteiger partial charge in [-0.2, -0.15) is 0 Å². The minimum Gasteiger partial charge on any atom is -0.445 e. The molecule has 228 valence electrons. The maximum Gasteiger partial charge on any atom is 0.410 e. The number of aliphatic imine (C=N–C) groups is 1. The number of ether oxygens (including phenoxy) is 3. The van der Waals surface area contributed by atoms with E-state index in [9.17, 15) is 14.4 Å². The van der Waals surface area contributed by atoms with Crippen molar-refractivity contribution in [1.82, 2.24) is 24.7 Å². The summed E-state index contributed by atoms with van der Waals surface area (Å²) in [6.07, 6.45) is 5.71. The van der Waals surface area contributed by atoms with Crippen LogP contribution >= 0.6 is 0 Å². The topological polar surface area (TPSA) is 127 Å². The summed E-state index contributed by atoms with van der Waals surface area (Å²) >= 11 is 0. The van der Waals surface area contributed by atoms with Crippen molar-refractivity contribution in [1.29, 1.82) is 0 Å². The molecule has 0 bridgehead atoms. The molecule has 0 aliphatic heterocycles. The van der Waals surface area contributed by atoms with Crippen LogP contribution in [0.15, 0.2) is 65.6 Å². The van der Waals surface area contributed by atoms with E-state index in [0.29, 0.717) is 38.9 Å². The summed E-state index contributed by atoms with van der Waals surface area (Å²) in [5.41, 5.74) is 2.52. The van der Waals surface area contributed by atoms with E-state index >= 15 is 0 Å². The molecule has 1 unspecified atom stereocenters. The third-order valence-corrected chi connectivity index (χ3v) is 6.18. The second kappa shape index (κ2) is 18.8. The minimum absolute atomic E-state index is 0.294. The lowest BCUT2D eigenvalue weighted by molar-refractivity contribution is -0.0128. The summed E-state index contributed by atoms with van der Waals surface area (Å²) in [6.45, 7) is 4.23. The fourth-order valence-corrected chi connectivity index (χ4v) is 3.56. The lowest BCUT2D eigenvalue weighted by atomic mass is 10.2. The van der Waals surface area contributed by atoms with Crippen molar-refractivity contribution in [3.05, 3.63) is 72.0 Å². The van der Waals surface area contributed by atoms with Crippen molar-refractivity contribution in [2.75, 3.05) is 54.0 Å². The van der Waals surface area contributed by atoms with Gasteiger partial charge in [0.25, 0.3) is 0 Å². The number of carbonyl (C=O) groups is 3. The molecule has 12 nitrogen and oxygen atoms in total. The van der Waals surface area contributed by atoms with E-state index < -0.39 is 24.4 Å². The van der Waals surface area contributed by atoms with Crippen LogP contribution in [-0.4, -0.2) is 109 Å². The third kappa shape index (κ3) is 12.8. The predicted molar refractivity (Wildman–Crippen MR) is 159 cm³/mol. The number of aromatic nitrogens is 2. The van der Waals surface area contributed by atoms with Crippen LogP contribution in [0.3, 0.4) is 0 Å². The highest BCUT2D eigenvalue weighted by Gasteiger charge is 2.23. The number of carbonyl (C=O) groups excluding carboxylic acids is 3. The maximum atomic E-state index is 12.8. The lowest BCUT2D eigenvalue weighted by Crippen LogP contribution is -2.39. The Morgan fingerprint density at radius 3 is 1.74 bits per heavy atom. The van der Waals surface area contributed by atoms with Crippen LogP contribution in [0, 0.1) is 0 Å². The normalized spacial score (nSPS) is 12.0. The monoisotopic (exact) mass is 582 g/mol. The Balaban J connectivity index is 1.94. The molecule has 0 fully saturated rings. The van der Waals surface area contributed by atoms with Gasteiger partial charge in [0.2, 0.25) is 0 Å². The first-order valence-electron chi connectivity index (χ1n) is 13.8. The molecule has 0 saturated heterocycles. The van der Waals surface area contributed by atoms with Crippen LogP contribution in [0.4, 0.5) is 14.4 Å². The van der Waals surface area contributed by atoms with Gasteiger partial charge in [-0.1, -0.05) is 18.2 Å². The summed E-state index contributed by atoms with van der Waals surface area (Å²) in [5.74, 6) is 0. The number of hydrogen-bond acceptors (Lipinski definition) is 9. The Bertz CT molecular complexity index is 1160. The van der Waals surface area contributed by atoms with Crippen LogP contribution in [0.25, 0.3) is 0 Å². The molecule has 2 heterocycles. The maximum absolute atomic E-state index is 12.8. The van der Waals surface area contributed by atoms with Gasteiger partial charge in [0.1, 0.15) is 13.2 Å². The van der Waals surface area contributed by atoms with Gasteiger partial charge in [-0.3, -0.25) is 15.0 Å². The van der Waals surface area contributed by atoms with Crippen LogP contribution in [0.1, 0.15) is 31.7 Å². The molecule has 0 aliphatic carbocycles. The fourth-order valence-electron chi connectivity index (χ4n) is 3.56. The summed E-state index contributed by atoms with van der Waals surface area (Å²) < 4.78 is 16.4.